The first kappa shape index (κ1) is 12.7. The number of fused-ring (bicyclic) bond motifs is 1. The summed E-state index contributed by atoms with van der Waals surface area (Å²) in [5.74, 6) is 2.00. The van der Waals surface area contributed by atoms with Crippen molar-refractivity contribution in [1.29, 1.82) is 0 Å². The molecule has 0 radical (unpaired) electrons. The Kier molecular flexibility index (Phi) is 3.67. The summed E-state index contributed by atoms with van der Waals surface area (Å²) in [5.41, 5.74) is 7.16. The monoisotopic (exact) mass is 267 g/mol. The topological polar surface area (TPSA) is 75.5 Å². The molecule has 5 nitrogen and oxygen atoms in total. The average molecular weight is 267 g/mol. The van der Waals surface area contributed by atoms with Crippen molar-refractivity contribution in [3.8, 4) is 0 Å². The summed E-state index contributed by atoms with van der Waals surface area (Å²) in [6, 6.07) is 10.3. The Morgan fingerprint density at radius 2 is 1.85 bits per heavy atom. The van der Waals surface area contributed by atoms with Gasteiger partial charge in [0.1, 0.15) is 18.0 Å². The SMILES string of the molecule is NC1=NC=NC2=NC(CCCCc3ccccc3)=NC12. The molecule has 1 atom stereocenters. The first-order chi connectivity index (χ1) is 9.83. The van der Waals surface area contributed by atoms with Crippen molar-refractivity contribution in [2.75, 3.05) is 0 Å². The minimum atomic E-state index is -0.246. The predicted molar refractivity (Wildman–Crippen MR) is 82.8 cm³/mol. The van der Waals surface area contributed by atoms with Crippen molar-refractivity contribution in [3.63, 3.8) is 0 Å². The van der Waals surface area contributed by atoms with Crippen molar-refractivity contribution < 1.29 is 0 Å². The standard InChI is InChI=1S/C15H17N5/c16-14-13-15(18-10-17-14)20-12(19-13)9-5-4-8-11-6-2-1-3-7-11/h1-3,6-7,10,13H,4-5,8-9H2,(H2,16,17,18,19,20). The summed E-state index contributed by atoms with van der Waals surface area (Å²) < 4.78 is 0. The van der Waals surface area contributed by atoms with Gasteiger partial charge in [0.15, 0.2) is 11.9 Å². The highest BCUT2D eigenvalue weighted by Crippen LogP contribution is 2.15. The molecule has 2 aliphatic rings. The Morgan fingerprint density at radius 3 is 2.65 bits per heavy atom. The molecule has 0 fully saturated rings. The second-order valence-corrected chi connectivity index (χ2v) is 4.91. The Balaban J connectivity index is 1.48. The number of unbranched alkanes of at least 4 members (excludes halogenated alkanes) is 1. The van der Waals surface area contributed by atoms with Gasteiger partial charge in [-0.3, -0.25) is 4.99 Å². The molecule has 3 rings (SSSR count). The highest BCUT2D eigenvalue weighted by Gasteiger charge is 2.27. The molecule has 20 heavy (non-hydrogen) atoms. The van der Waals surface area contributed by atoms with Crippen molar-refractivity contribution in [2.45, 2.75) is 31.7 Å². The number of benzene rings is 1. The third kappa shape index (κ3) is 2.82. The Bertz CT molecular complexity index is 598. The van der Waals surface area contributed by atoms with Gasteiger partial charge < -0.3 is 5.73 Å². The number of nitrogens with two attached hydrogens (primary N) is 1. The second-order valence-electron chi connectivity index (χ2n) is 4.91. The summed E-state index contributed by atoms with van der Waals surface area (Å²) in [7, 11) is 0. The van der Waals surface area contributed by atoms with E-state index < -0.39 is 0 Å². The molecule has 0 saturated carbocycles. The van der Waals surface area contributed by atoms with E-state index >= 15 is 0 Å². The molecule has 2 heterocycles. The summed E-state index contributed by atoms with van der Waals surface area (Å²) in [6.07, 6.45) is 5.60. The van der Waals surface area contributed by atoms with Gasteiger partial charge in [-0.1, -0.05) is 30.3 Å². The fourth-order valence-electron chi connectivity index (χ4n) is 2.33. The van der Waals surface area contributed by atoms with E-state index in [4.69, 9.17) is 5.73 Å². The highest BCUT2D eigenvalue weighted by atomic mass is 15.2. The number of hydrogen-bond donors (Lipinski definition) is 1. The fourth-order valence-corrected chi connectivity index (χ4v) is 2.33. The van der Waals surface area contributed by atoms with E-state index in [0.29, 0.717) is 11.7 Å². The smallest absolute Gasteiger partial charge is 0.169 e. The number of hydrogen-bond acceptors (Lipinski definition) is 5. The van der Waals surface area contributed by atoms with Crippen LogP contribution in [0.3, 0.4) is 0 Å². The maximum atomic E-state index is 5.78. The molecule has 5 heteroatoms. The first-order valence-corrected chi connectivity index (χ1v) is 6.88. The van der Waals surface area contributed by atoms with Crippen LogP contribution in [0.4, 0.5) is 0 Å². The summed E-state index contributed by atoms with van der Waals surface area (Å²) in [4.78, 5) is 17.0. The molecule has 0 aliphatic carbocycles. The largest absolute Gasteiger partial charge is 0.385 e. The van der Waals surface area contributed by atoms with Gasteiger partial charge >= 0.3 is 0 Å². The van der Waals surface area contributed by atoms with Crippen LogP contribution in [0.15, 0.2) is 50.3 Å². The molecule has 102 valence electrons. The normalized spacial score (nSPS) is 20.2. The quantitative estimate of drug-likeness (QED) is 0.814. The first-order valence-electron chi connectivity index (χ1n) is 6.88. The van der Waals surface area contributed by atoms with Gasteiger partial charge in [0.2, 0.25) is 0 Å². The maximum absolute atomic E-state index is 5.78. The van der Waals surface area contributed by atoms with Crippen molar-refractivity contribution in [3.05, 3.63) is 35.9 Å². The summed E-state index contributed by atoms with van der Waals surface area (Å²) >= 11 is 0. The minimum absolute atomic E-state index is 0.246. The molecule has 0 saturated heterocycles. The Morgan fingerprint density at radius 1 is 1.05 bits per heavy atom. The van der Waals surface area contributed by atoms with Gasteiger partial charge in [0.05, 0.1) is 0 Å². The van der Waals surface area contributed by atoms with Crippen LogP contribution in [0.25, 0.3) is 0 Å². The lowest BCUT2D eigenvalue weighted by Gasteiger charge is -2.08. The van der Waals surface area contributed by atoms with E-state index in [-0.39, 0.29) is 6.04 Å². The van der Waals surface area contributed by atoms with Crippen molar-refractivity contribution >= 4 is 23.8 Å². The van der Waals surface area contributed by atoms with Crippen LogP contribution in [0.5, 0.6) is 0 Å². The van der Waals surface area contributed by atoms with Gasteiger partial charge in [0, 0.05) is 6.42 Å². The molecular formula is C15H17N5. The van der Waals surface area contributed by atoms with Gasteiger partial charge in [-0.25, -0.2) is 15.0 Å². The molecule has 0 bridgehead atoms. The van der Waals surface area contributed by atoms with E-state index in [2.05, 4.69) is 44.2 Å². The van der Waals surface area contributed by atoms with Crippen LogP contribution in [0.2, 0.25) is 0 Å². The van der Waals surface area contributed by atoms with Crippen LogP contribution in [-0.4, -0.2) is 29.9 Å². The molecule has 1 aromatic rings. The van der Waals surface area contributed by atoms with Gasteiger partial charge in [-0.15, -0.1) is 0 Å². The van der Waals surface area contributed by atoms with Crippen molar-refractivity contribution in [1.82, 2.24) is 0 Å². The van der Waals surface area contributed by atoms with Crippen LogP contribution in [0, 0.1) is 0 Å². The summed E-state index contributed by atoms with van der Waals surface area (Å²) in [5, 5.41) is 0. The maximum Gasteiger partial charge on any atom is 0.169 e. The van der Waals surface area contributed by atoms with Crippen LogP contribution in [0.1, 0.15) is 24.8 Å². The molecular weight excluding hydrogens is 250 g/mol. The van der Waals surface area contributed by atoms with E-state index in [1.54, 1.807) is 0 Å². The molecule has 2 N–H and O–H groups in total. The Labute approximate surface area is 118 Å². The molecule has 0 spiro atoms. The number of aliphatic imine (C=N–C) groups is 4. The molecule has 1 unspecified atom stereocenters. The van der Waals surface area contributed by atoms with Gasteiger partial charge in [0.25, 0.3) is 0 Å². The molecule has 1 aromatic carbocycles. The van der Waals surface area contributed by atoms with E-state index in [0.717, 1.165) is 31.5 Å². The van der Waals surface area contributed by atoms with Gasteiger partial charge in [-0.2, -0.15) is 0 Å². The van der Waals surface area contributed by atoms with E-state index in [1.165, 1.54) is 11.9 Å². The van der Waals surface area contributed by atoms with Crippen LogP contribution < -0.4 is 5.73 Å². The third-order valence-electron chi connectivity index (χ3n) is 3.40. The number of rotatable bonds is 5. The zero-order chi connectivity index (χ0) is 13.8. The fraction of sp³-hybridized carbons (Fsp3) is 0.333. The summed E-state index contributed by atoms with van der Waals surface area (Å²) in [6.45, 7) is 0. The van der Waals surface area contributed by atoms with E-state index in [1.807, 2.05) is 6.07 Å². The third-order valence-corrected chi connectivity index (χ3v) is 3.40. The Hall–Kier alpha value is -2.30. The lowest BCUT2D eigenvalue weighted by Crippen LogP contribution is -2.34. The number of nitrogens with zero attached hydrogens (tertiary/aromatic N) is 4. The zero-order valence-electron chi connectivity index (χ0n) is 11.2. The predicted octanol–water partition coefficient (Wildman–Crippen LogP) is 1.98. The average Bonchev–Trinajstić information content (AvgIpc) is 2.89. The molecule has 0 amide bonds. The highest BCUT2D eigenvalue weighted by molar-refractivity contribution is 6.21. The van der Waals surface area contributed by atoms with Crippen LogP contribution in [-0.2, 0) is 6.42 Å². The number of aryl methyl sites for hydroxylation is 1. The number of amidine groups is 3. The lowest BCUT2D eigenvalue weighted by atomic mass is 10.1. The minimum Gasteiger partial charge on any atom is -0.385 e. The second kappa shape index (κ2) is 5.77. The van der Waals surface area contributed by atoms with Crippen LogP contribution >= 0.6 is 0 Å². The van der Waals surface area contributed by atoms with Crippen molar-refractivity contribution in [2.24, 2.45) is 25.7 Å². The van der Waals surface area contributed by atoms with Gasteiger partial charge in [-0.05, 0) is 24.8 Å². The lowest BCUT2D eigenvalue weighted by molar-refractivity contribution is 0.759. The van der Waals surface area contributed by atoms with E-state index in [9.17, 15) is 0 Å². The molecule has 0 aromatic heterocycles. The zero-order valence-corrected chi connectivity index (χ0v) is 11.2. The molecule has 2 aliphatic heterocycles.